The Bertz CT molecular complexity index is 685. The van der Waals surface area contributed by atoms with Crippen LogP contribution < -0.4 is 11.1 Å². The van der Waals surface area contributed by atoms with Crippen molar-refractivity contribution in [3.63, 3.8) is 0 Å². The minimum Gasteiger partial charge on any atom is -0.392 e. The lowest BCUT2D eigenvalue weighted by atomic mass is 9.97. The van der Waals surface area contributed by atoms with Crippen molar-refractivity contribution in [2.45, 2.75) is 31.4 Å². The van der Waals surface area contributed by atoms with E-state index >= 15 is 0 Å². The van der Waals surface area contributed by atoms with Gasteiger partial charge in [0, 0.05) is 6.54 Å². The molecular weight excluding hydrogens is 288 g/mol. The molecule has 3 rings (SSSR count). The maximum Gasteiger partial charge on any atom is 0.227 e. The number of nitrogens with two attached hydrogens (primary N) is 1. The molecule has 0 spiro atoms. The number of aliphatic hydroxyl groups is 1. The first-order valence-corrected chi connectivity index (χ1v) is 7.99. The number of carbonyl (C=O) groups excluding carboxylic acids is 1. The average Bonchev–Trinajstić information content (AvgIpc) is 2.88. The third-order valence-electron chi connectivity index (χ3n) is 4.43. The van der Waals surface area contributed by atoms with Gasteiger partial charge in [-0.05, 0) is 41.6 Å². The first-order valence-electron chi connectivity index (χ1n) is 7.99. The smallest absolute Gasteiger partial charge is 0.227 e. The molecule has 4 N–H and O–H groups in total. The van der Waals surface area contributed by atoms with Gasteiger partial charge in [-0.2, -0.15) is 0 Å². The summed E-state index contributed by atoms with van der Waals surface area (Å²) in [6.45, 7) is 1.63. The van der Waals surface area contributed by atoms with Crippen LogP contribution in [0.4, 0.5) is 0 Å². The van der Waals surface area contributed by atoms with Crippen LogP contribution in [0.1, 0.15) is 28.2 Å². The van der Waals surface area contributed by atoms with E-state index in [1.165, 1.54) is 5.56 Å². The van der Waals surface area contributed by atoms with Crippen LogP contribution in [0.15, 0.2) is 48.5 Å². The molecule has 1 aliphatic carbocycles. The van der Waals surface area contributed by atoms with E-state index in [-0.39, 0.29) is 0 Å². The number of aliphatic hydroxyl groups excluding tert-OH is 1. The zero-order valence-electron chi connectivity index (χ0n) is 13.0. The van der Waals surface area contributed by atoms with Gasteiger partial charge in [-0.1, -0.05) is 48.5 Å². The highest BCUT2D eigenvalue weighted by molar-refractivity contribution is 5.84. The normalized spacial score (nSPS) is 19.5. The molecule has 1 aliphatic rings. The highest BCUT2D eigenvalue weighted by Crippen LogP contribution is 2.33. The molecule has 0 bridgehead atoms. The summed E-state index contributed by atoms with van der Waals surface area (Å²) in [7, 11) is 0. The summed E-state index contributed by atoms with van der Waals surface area (Å²) >= 11 is 0. The van der Waals surface area contributed by atoms with Gasteiger partial charge in [-0.15, -0.1) is 0 Å². The van der Waals surface area contributed by atoms with Crippen molar-refractivity contribution in [1.82, 2.24) is 5.32 Å². The highest BCUT2D eigenvalue weighted by atomic mass is 16.3. The van der Waals surface area contributed by atoms with E-state index in [4.69, 9.17) is 5.73 Å². The number of fused-ring (bicyclic) bond motifs is 1. The molecule has 4 heteroatoms. The summed E-state index contributed by atoms with van der Waals surface area (Å²) in [5.41, 5.74) is 9.75. The Kier molecular flexibility index (Phi) is 4.74. The largest absolute Gasteiger partial charge is 0.392 e. The second-order valence-corrected chi connectivity index (χ2v) is 6.10. The van der Waals surface area contributed by atoms with E-state index in [0.717, 1.165) is 36.2 Å². The van der Waals surface area contributed by atoms with Gasteiger partial charge in [0.05, 0.1) is 12.0 Å². The van der Waals surface area contributed by atoms with Gasteiger partial charge in [-0.25, -0.2) is 0 Å². The van der Waals surface area contributed by atoms with Crippen molar-refractivity contribution in [2.75, 3.05) is 6.54 Å². The second kappa shape index (κ2) is 6.94. The van der Waals surface area contributed by atoms with Crippen LogP contribution in [0, 0.1) is 0 Å². The fourth-order valence-corrected chi connectivity index (χ4v) is 3.23. The molecule has 0 aliphatic heterocycles. The number of carbonyl (C=O) groups is 1. The summed E-state index contributed by atoms with van der Waals surface area (Å²) in [6, 6.07) is 16.4. The van der Waals surface area contributed by atoms with Crippen molar-refractivity contribution in [3.8, 4) is 0 Å². The zero-order valence-corrected chi connectivity index (χ0v) is 13.0. The molecule has 23 heavy (non-hydrogen) atoms. The Morgan fingerprint density at radius 2 is 1.96 bits per heavy atom. The molecule has 2 aromatic carbocycles. The first-order chi connectivity index (χ1) is 11.1. The minimum absolute atomic E-state index is 0.453. The third kappa shape index (κ3) is 3.60. The Morgan fingerprint density at radius 1 is 1.17 bits per heavy atom. The van der Waals surface area contributed by atoms with Crippen molar-refractivity contribution in [3.05, 3.63) is 70.8 Å². The van der Waals surface area contributed by atoms with Gasteiger partial charge in [-0.3, -0.25) is 4.79 Å². The number of nitrogens with one attached hydrogen (secondary N) is 1. The maximum atomic E-state index is 11.5. The molecule has 0 unspecified atom stereocenters. The number of amides is 1. The molecule has 0 saturated carbocycles. The summed E-state index contributed by atoms with van der Waals surface area (Å²) in [4.78, 5) is 11.5. The number of hydrogen-bond acceptors (Lipinski definition) is 3. The van der Waals surface area contributed by atoms with E-state index in [2.05, 4.69) is 17.4 Å². The van der Waals surface area contributed by atoms with E-state index in [1.54, 1.807) is 0 Å². The van der Waals surface area contributed by atoms with Crippen molar-refractivity contribution in [2.24, 2.45) is 5.73 Å². The lowest BCUT2D eigenvalue weighted by Gasteiger charge is -2.12. The molecule has 0 heterocycles. The van der Waals surface area contributed by atoms with E-state index in [1.807, 2.05) is 36.4 Å². The molecule has 0 fully saturated rings. The molecular formula is C19H22N2O2. The average molecular weight is 310 g/mol. The third-order valence-corrected chi connectivity index (χ3v) is 4.43. The molecule has 1 amide bonds. The molecule has 0 aromatic heterocycles. The number of hydrogen-bond donors (Lipinski definition) is 3. The zero-order chi connectivity index (χ0) is 16.2. The van der Waals surface area contributed by atoms with Crippen LogP contribution in [-0.4, -0.2) is 23.7 Å². The number of rotatable bonds is 6. The summed E-state index contributed by atoms with van der Waals surface area (Å²) < 4.78 is 0. The quantitative estimate of drug-likeness (QED) is 0.708. The SMILES string of the molecule is NC(=O)[C@@H]1c2cc(CNCCc3ccccc3)ccc2C[C@H]1O. The van der Waals surface area contributed by atoms with Crippen molar-refractivity contribution in [1.29, 1.82) is 0 Å². The summed E-state index contributed by atoms with van der Waals surface area (Å²) in [5, 5.41) is 13.4. The molecule has 120 valence electrons. The van der Waals surface area contributed by atoms with Crippen molar-refractivity contribution < 1.29 is 9.90 Å². The number of benzene rings is 2. The lowest BCUT2D eigenvalue weighted by Crippen LogP contribution is -2.28. The Labute approximate surface area is 136 Å². The standard InChI is InChI=1S/C19H22N2O2/c20-19(23)18-16-10-14(6-7-15(16)11-17(18)22)12-21-9-8-13-4-2-1-3-5-13/h1-7,10,17-18,21-22H,8-9,11-12H2,(H2,20,23)/t17-,18-/m1/s1. The van der Waals surface area contributed by atoms with Crippen LogP contribution in [0.5, 0.6) is 0 Å². The fraction of sp³-hybridized carbons (Fsp3) is 0.316. The van der Waals surface area contributed by atoms with Gasteiger partial charge in [0.1, 0.15) is 0 Å². The summed E-state index contributed by atoms with van der Waals surface area (Å²) in [6.07, 6.45) is 0.794. The second-order valence-electron chi connectivity index (χ2n) is 6.10. The van der Waals surface area contributed by atoms with Gasteiger partial charge >= 0.3 is 0 Å². The monoisotopic (exact) mass is 310 g/mol. The fourth-order valence-electron chi connectivity index (χ4n) is 3.23. The van der Waals surface area contributed by atoms with Crippen LogP contribution >= 0.6 is 0 Å². The predicted molar refractivity (Wildman–Crippen MR) is 89.9 cm³/mol. The molecule has 2 atom stereocenters. The van der Waals surface area contributed by atoms with Crippen LogP contribution in [-0.2, 0) is 24.2 Å². The Hall–Kier alpha value is -2.17. The van der Waals surface area contributed by atoms with Crippen molar-refractivity contribution >= 4 is 5.91 Å². The van der Waals surface area contributed by atoms with Crippen LogP contribution in [0.25, 0.3) is 0 Å². The van der Waals surface area contributed by atoms with Gasteiger partial charge in [0.15, 0.2) is 0 Å². The number of primary amides is 1. The first kappa shape index (κ1) is 15.7. The van der Waals surface area contributed by atoms with Crippen LogP contribution in [0.2, 0.25) is 0 Å². The van der Waals surface area contributed by atoms with E-state index in [0.29, 0.717) is 6.42 Å². The van der Waals surface area contributed by atoms with Gasteiger partial charge < -0.3 is 16.2 Å². The minimum atomic E-state index is -0.691. The Balaban J connectivity index is 1.59. The maximum absolute atomic E-state index is 11.5. The van der Waals surface area contributed by atoms with Crippen LogP contribution in [0.3, 0.4) is 0 Å². The Morgan fingerprint density at radius 3 is 2.70 bits per heavy atom. The topological polar surface area (TPSA) is 75.4 Å². The molecule has 0 radical (unpaired) electrons. The summed E-state index contributed by atoms with van der Waals surface area (Å²) in [5.74, 6) is -1.03. The predicted octanol–water partition coefficient (Wildman–Crippen LogP) is 1.50. The molecule has 4 nitrogen and oxygen atoms in total. The van der Waals surface area contributed by atoms with E-state index in [9.17, 15) is 9.90 Å². The lowest BCUT2D eigenvalue weighted by molar-refractivity contribution is -0.121. The van der Waals surface area contributed by atoms with E-state index < -0.39 is 17.9 Å². The molecule has 0 saturated heterocycles. The van der Waals surface area contributed by atoms with Gasteiger partial charge in [0.2, 0.25) is 5.91 Å². The highest BCUT2D eigenvalue weighted by Gasteiger charge is 2.35. The van der Waals surface area contributed by atoms with Gasteiger partial charge in [0.25, 0.3) is 0 Å². The molecule has 2 aromatic rings.